The Bertz CT molecular complexity index is 1170. The van der Waals surface area contributed by atoms with Crippen molar-refractivity contribution >= 4 is 39.8 Å². The molecule has 1 aliphatic rings. The number of carbonyl (C=O) groups is 1. The van der Waals surface area contributed by atoms with Crippen LogP contribution in [0.2, 0.25) is 0 Å². The Labute approximate surface area is 190 Å². The maximum absolute atomic E-state index is 12.1. The smallest absolute Gasteiger partial charge is 0.225 e. The van der Waals surface area contributed by atoms with Gasteiger partial charge in [-0.1, -0.05) is 24.3 Å². The number of benzene rings is 1. The fourth-order valence-corrected chi connectivity index (χ4v) is 4.75. The molecule has 32 heavy (non-hydrogen) atoms. The molecule has 8 nitrogen and oxygen atoms in total. The standard InChI is InChI=1S/C23H25N7OS/c31-21(15-19-7-4-14-32-19)24-8-9-30-23-20(16-27-30)22(25-17-26-23)29-12-10-28(11-13-29)18-5-2-1-3-6-18/h1-7,14,16-17H,8-13,15H2,(H,24,31). The normalized spacial score (nSPS) is 14.1. The fraction of sp³-hybridized carbons (Fsp3) is 0.304. The van der Waals surface area contributed by atoms with Crippen LogP contribution >= 0.6 is 11.3 Å². The van der Waals surface area contributed by atoms with Crippen LogP contribution in [-0.4, -0.2) is 58.4 Å². The summed E-state index contributed by atoms with van der Waals surface area (Å²) in [5.74, 6) is 0.950. The first-order valence-corrected chi connectivity index (χ1v) is 11.7. The average Bonchev–Trinajstić information content (AvgIpc) is 3.50. The highest BCUT2D eigenvalue weighted by Crippen LogP contribution is 2.25. The molecule has 5 rings (SSSR count). The van der Waals surface area contributed by atoms with Gasteiger partial charge in [-0.25, -0.2) is 14.6 Å². The summed E-state index contributed by atoms with van der Waals surface area (Å²) in [6.45, 7) is 4.75. The van der Waals surface area contributed by atoms with Gasteiger partial charge in [0.15, 0.2) is 5.65 Å². The van der Waals surface area contributed by atoms with Gasteiger partial charge < -0.3 is 15.1 Å². The number of nitrogens with one attached hydrogen (secondary N) is 1. The Morgan fingerprint density at radius 1 is 1.00 bits per heavy atom. The summed E-state index contributed by atoms with van der Waals surface area (Å²) < 4.78 is 1.84. The van der Waals surface area contributed by atoms with Gasteiger partial charge in [0.25, 0.3) is 0 Å². The van der Waals surface area contributed by atoms with Crippen molar-refractivity contribution in [3.05, 3.63) is 65.2 Å². The number of fused-ring (bicyclic) bond motifs is 1. The van der Waals surface area contributed by atoms with Gasteiger partial charge in [-0.3, -0.25) is 4.79 Å². The monoisotopic (exact) mass is 447 g/mol. The molecule has 0 aliphatic carbocycles. The quantitative estimate of drug-likeness (QED) is 0.469. The molecule has 4 aromatic rings. The largest absolute Gasteiger partial charge is 0.368 e. The van der Waals surface area contributed by atoms with Crippen LogP contribution in [0.4, 0.5) is 11.5 Å². The van der Waals surface area contributed by atoms with Crippen LogP contribution in [0.15, 0.2) is 60.4 Å². The zero-order valence-corrected chi connectivity index (χ0v) is 18.5. The van der Waals surface area contributed by atoms with E-state index < -0.39 is 0 Å². The third-order valence-corrected chi connectivity index (χ3v) is 6.55. The second-order valence-corrected chi connectivity index (χ2v) is 8.75. The van der Waals surface area contributed by atoms with Crippen molar-refractivity contribution in [2.24, 2.45) is 0 Å². The zero-order chi connectivity index (χ0) is 21.8. The van der Waals surface area contributed by atoms with Crippen LogP contribution in [0.5, 0.6) is 0 Å². The minimum atomic E-state index is 0.0236. The van der Waals surface area contributed by atoms with Crippen LogP contribution < -0.4 is 15.1 Å². The molecule has 0 saturated carbocycles. The summed E-state index contributed by atoms with van der Waals surface area (Å²) in [6.07, 6.45) is 3.86. The van der Waals surface area contributed by atoms with Crippen molar-refractivity contribution in [2.75, 3.05) is 42.5 Å². The highest BCUT2D eigenvalue weighted by Gasteiger charge is 2.21. The predicted octanol–water partition coefficient (Wildman–Crippen LogP) is 2.57. The summed E-state index contributed by atoms with van der Waals surface area (Å²) in [5, 5.41) is 10.4. The van der Waals surface area contributed by atoms with Crippen LogP contribution in [0.3, 0.4) is 0 Å². The van der Waals surface area contributed by atoms with Crippen LogP contribution in [0.25, 0.3) is 11.0 Å². The summed E-state index contributed by atoms with van der Waals surface area (Å²) in [4.78, 5) is 26.9. The first kappa shape index (κ1) is 20.4. The van der Waals surface area contributed by atoms with Crippen molar-refractivity contribution in [1.82, 2.24) is 25.1 Å². The van der Waals surface area contributed by atoms with E-state index in [9.17, 15) is 4.79 Å². The molecule has 4 heterocycles. The molecule has 1 aromatic carbocycles. The molecule has 9 heteroatoms. The first-order chi connectivity index (χ1) is 15.8. The molecule has 1 N–H and O–H groups in total. The number of hydrogen-bond acceptors (Lipinski definition) is 7. The van der Waals surface area contributed by atoms with Gasteiger partial charge in [0.05, 0.1) is 24.5 Å². The van der Waals surface area contributed by atoms with Gasteiger partial charge in [0.1, 0.15) is 12.1 Å². The van der Waals surface area contributed by atoms with Crippen molar-refractivity contribution in [3.8, 4) is 0 Å². The van der Waals surface area contributed by atoms with Crippen molar-refractivity contribution in [1.29, 1.82) is 0 Å². The van der Waals surface area contributed by atoms with Crippen molar-refractivity contribution in [3.63, 3.8) is 0 Å². The van der Waals surface area contributed by atoms with Crippen molar-refractivity contribution in [2.45, 2.75) is 13.0 Å². The van der Waals surface area contributed by atoms with Crippen LogP contribution in [0, 0.1) is 0 Å². The molecule has 0 bridgehead atoms. The van der Waals surface area contributed by atoms with E-state index in [1.807, 2.05) is 34.5 Å². The fourth-order valence-electron chi connectivity index (χ4n) is 4.05. The number of anilines is 2. The summed E-state index contributed by atoms with van der Waals surface area (Å²) in [6, 6.07) is 14.4. The van der Waals surface area contributed by atoms with E-state index in [1.54, 1.807) is 17.7 Å². The summed E-state index contributed by atoms with van der Waals surface area (Å²) in [5.41, 5.74) is 2.06. The van der Waals surface area contributed by atoms with E-state index in [0.717, 1.165) is 47.9 Å². The van der Waals surface area contributed by atoms with Crippen molar-refractivity contribution < 1.29 is 4.79 Å². The molecule has 0 radical (unpaired) electrons. The maximum Gasteiger partial charge on any atom is 0.225 e. The average molecular weight is 448 g/mol. The van der Waals surface area contributed by atoms with E-state index in [1.165, 1.54) is 5.69 Å². The molecular formula is C23H25N7OS. The molecule has 1 amide bonds. The molecule has 0 spiro atoms. The molecule has 0 atom stereocenters. The minimum absolute atomic E-state index is 0.0236. The Morgan fingerprint density at radius 3 is 2.59 bits per heavy atom. The molecule has 1 fully saturated rings. The lowest BCUT2D eigenvalue weighted by atomic mass is 10.2. The second kappa shape index (κ2) is 9.35. The van der Waals surface area contributed by atoms with Gasteiger partial charge in [-0.2, -0.15) is 5.10 Å². The highest BCUT2D eigenvalue weighted by molar-refractivity contribution is 7.10. The van der Waals surface area contributed by atoms with Gasteiger partial charge in [-0.15, -0.1) is 11.3 Å². The van der Waals surface area contributed by atoms with Crippen LogP contribution in [0.1, 0.15) is 4.88 Å². The summed E-state index contributed by atoms with van der Waals surface area (Å²) >= 11 is 1.60. The third-order valence-electron chi connectivity index (χ3n) is 5.67. The van der Waals surface area contributed by atoms with E-state index >= 15 is 0 Å². The Hall–Kier alpha value is -3.46. The Morgan fingerprint density at radius 2 is 1.81 bits per heavy atom. The number of piperazine rings is 1. The van der Waals surface area contributed by atoms with E-state index in [4.69, 9.17) is 0 Å². The lowest BCUT2D eigenvalue weighted by Crippen LogP contribution is -2.46. The number of nitrogens with zero attached hydrogens (tertiary/aromatic N) is 6. The Balaban J connectivity index is 1.21. The third kappa shape index (κ3) is 4.43. The number of rotatable bonds is 7. The van der Waals surface area contributed by atoms with Crippen LogP contribution in [-0.2, 0) is 17.8 Å². The molecule has 3 aromatic heterocycles. The van der Waals surface area contributed by atoms with Gasteiger partial charge in [0.2, 0.25) is 5.91 Å². The number of thiophene rings is 1. The van der Waals surface area contributed by atoms with E-state index in [0.29, 0.717) is 19.5 Å². The number of hydrogen-bond donors (Lipinski definition) is 1. The predicted molar refractivity (Wildman–Crippen MR) is 127 cm³/mol. The van der Waals surface area contributed by atoms with Gasteiger partial charge in [-0.05, 0) is 23.6 Å². The van der Waals surface area contributed by atoms with Gasteiger partial charge >= 0.3 is 0 Å². The Kier molecular flexibility index (Phi) is 5.98. The van der Waals surface area contributed by atoms with E-state index in [-0.39, 0.29) is 5.91 Å². The number of aromatic nitrogens is 4. The highest BCUT2D eigenvalue weighted by atomic mass is 32.1. The second-order valence-electron chi connectivity index (χ2n) is 7.72. The maximum atomic E-state index is 12.1. The number of amides is 1. The molecule has 0 unspecified atom stereocenters. The van der Waals surface area contributed by atoms with Gasteiger partial charge in [0, 0.05) is 43.3 Å². The number of para-hydroxylation sites is 1. The molecule has 164 valence electrons. The lowest BCUT2D eigenvalue weighted by molar-refractivity contribution is -0.120. The SMILES string of the molecule is O=C(Cc1cccs1)NCCn1ncc2c(N3CCN(c4ccccc4)CC3)ncnc21. The minimum Gasteiger partial charge on any atom is -0.368 e. The lowest BCUT2D eigenvalue weighted by Gasteiger charge is -2.36. The zero-order valence-electron chi connectivity index (χ0n) is 17.7. The first-order valence-electron chi connectivity index (χ1n) is 10.8. The topological polar surface area (TPSA) is 79.2 Å². The molecular weight excluding hydrogens is 422 g/mol. The summed E-state index contributed by atoms with van der Waals surface area (Å²) in [7, 11) is 0. The number of carbonyl (C=O) groups excluding carboxylic acids is 1. The van der Waals surface area contributed by atoms with E-state index in [2.05, 4.69) is 54.4 Å². The molecule has 1 aliphatic heterocycles. The molecule has 1 saturated heterocycles.